The molecule has 0 amide bonds. The van der Waals surface area contributed by atoms with Crippen LogP contribution < -0.4 is 4.90 Å². The zero-order valence-corrected chi connectivity index (χ0v) is 10.0. The highest BCUT2D eigenvalue weighted by Crippen LogP contribution is 2.42. The summed E-state index contributed by atoms with van der Waals surface area (Å²) in [5.41, 5.74) is 2.49. The van der Waals surface area contributed by atoms with Crippen molar-refractivity contribution in [2.45, 2.75) is 32.2 Å². The number of para-hydroxylation sites is 1. The van der Waals surface area contributed by atoms with Crippen molar-refractivity contribution in [3.05, 3.63) is 29.3 Å². The molecule has 1 aromatic rings. The lowest BCUT2D eigenvalue weighted by atomic mass is 10.0. The third-order valence-corrected chi connectivity index (χ3v) is 4.16. The Morgan fingerprint density at radius 3 is 2.82 bits per heavy atom. The number of anilines is 1. The van der Waals surface area contributed by atoms with Gasteiger partial charge in [-0.2, -0.15) is 0 Å². The topological polar surface area (TPSA) is 40.5 Å². The zero-order chi connectivity index (χ0) is 12.0. The molecule has 2 atom stereocenters. The summed E-state index contributed by atoms with van der Waals surface area (Å²) in [4.78, 5) is 13.6. The summed E-state index contributed by atoms with van der Waals surface area (Å²) in [6.07, 6.45) is 3.78. The Morgan fingerprint density at radius 1 is 1.41 bits per heavy atom. The van der Waals surface area contributed by atoms with Crippen LogP contribution >= 0.6 is 0 Å². The second-order valence-electron chi connectivity index (χ2n) is 5.26. The van der Waals surface area contributed by atoms with Gasteiger partial charge in [-0.1, -0.05) is 12.1 Å². The Bertz CT molecular complexity index is 469. The number of piperidine rings is 1. The predicted molar refractivity (Wildman–Crippen MR) is 66.6 cm³/mol. The Labute approximate surface area is 101 Å². The van der Waals surface area contributed by atoms with Gasteiger partial charge in [0.2, 0.25) is 0 Å². The summed E-state index contributed by atoms with van der Waals surface area (Å²) in [6, 6.07) is 6.13. The van der Waals surface area contributed by atoms with Crippen molar-refractivity contribution < 1.29 is 9.90 Å². The summed E-state index contributed by atoms with van der Waals surface area (Å²) in [5.74, 6) is -0.0345. The van der Waals surface area contributed by atoms with Crippen molar-refractivity contribution in [3.63, 3.8) is 0 Å². The molecule has 1 saturated carbocycles. The lowest BCUT2D eigenvalue weighted by Crippen LogP contribution is -2.33. The minimum Gasteiger partial charge on any atom is -0.478 e. The molecule has 1 heterocycles. The van der Waals surface area contributed by atoms with E-state index in [9.17, 15) is 9.90 Å². The minimum atomic E-state index is -0.813. The summed E-state index contributed by atoms with van der Waals surface area (Å²) in [5, 5.41) is 9.29. The summed E-state index contributed by atoms with van der Waals surface area (Å²) in [6.45, 7) is 3.05. The highest BCUT2D eigenvalue weighted by atomic mass is 16.4. The molecule has 90 valence electrons. The Balaban J connectivity index is 2.05. The quantitative estimate of drug-likeness (QED) is 0.850. The van der Waals surface area contributed by atoms with Gasteiger partial charge in [0.15, 0.2) is 0 Å². The largest absolute Gasteiger partial charge is 0.478 e. The number of carboxylic acid groups (broad SMARTS) is 1. The molecule has 0 radical (unpaired) electrons. The Morgan fingerprint density at radius 2 is 2.24 bits per heavy atom. The van der Waals surface area contributed by atoms with Crippen LogP contribution in [0.1, 0.15) is 35.2 Å². The van der Waals surface area contributed by atoms with E-state index >= 15 is 0 Å². The van der Waals surface area contributed by atoms with Crippen molar-refractivity contribution in [1.82, 2.24) is 0 Å². The second kappa shape index (κ2) is 3.76. The fourth-order valence-corrected chi connectivity index (χ4v) is 3.41. The molecule has 0 aromatic heterocycles. The Kier molecular flexibility index (Phi) is 2.35. The number of hydrogen-bond donors (Lipinski definition) is 1. The molecule has 17 heavy (non-hydrogen) atoms. The van der Waals surface area contributed by atoms with E-state index < -0.39 is 5.97 Å². The van der Waals surface area contributed by atoms with E-state index in [1.165, 1.54) is 19.3 Å². The number of benzene rings is 1. The van der Waals surface area contributed by atoms with Crippen molar-refractivity contribution in [2.75, 3.05) is 11.4 Å². The lowest BCUT2D eigenvalue weighted by Gasteiger charge is -2.31. The number of nitrogens with zero attached hydrogens (tertiary/aromatic N) is 1. The number of hydrogen-bond acceptors (Lipinski definition) is 2. The molecule has 2 aliphatic rings. The van der Waals surface area contributed by atoms with Crippen LogP contribution in [0, 0.1) is 12.8 Å². The van der Waals surface area contributed by atoms with Gasteiger partial charge in [-0.25, -0.2) is 4.79 Å². The van der Waals surface area contributed by atoms with Crippen LogP contribution in [0.3, 0.4) is 0 Å². The Hall–Kier alpha value is -1.51. The van der Waals surface area contributed by atoms with E-state index in [1.54, 1.807) is 6.07 Å². The maximum Gasteiger partial charge on any atom is 0.337 e. The molecule has 3 heteroatoms. The zero-order valence-electron chi connectivity index (χ0n) is 10.0. The molecule has 1 saturated heterocycles. The third kappa shape index (κ3) is 1.61. The average Bonchev–Trinajstić information content (AvgIpc) is 2.90. The van der Waals surface area contributed by atoms with Crippen molar-refractivity contribution in [1.29, 1.82) is 0 Å². The second-order valence-corrected chi connectivity index (χ2v) is 5.26. The summed E-state index contributed by atoms with van der Waals surface area (Å²) >= 11 is 0. The molecule has 1 aromatic carbocycles. The first kappa shape index (κ1) is 10.6. The summed E-state index contributed by atoms with van der Waals surface area (Å²) < 4.78 is 0. The van der Waals surface area contributed by atoms with E-state index in [-0.39, 0.29) is 0 Å². The molecule has 3 nitrogen and oxygen atoms in total. The van der Waals surface area contributed by atoms with Crippen molar-refractivity contribution >= 4 is 11.7 Å². The molecule has 1 N–H and O–H groups in total. The van der Waals surface area contributed by atoms with Crippen molar-refractivity contribution in [2.24, 2.45) is 5.92 Å². The van der Waals surface area contributed by atoms with Gasteiger partial charge in [-0.05, 0) is 43.7 Å². The van der Waals surface area contributed by atoms with Gasteiger partial charge in [0.25, 0.3) is 0 Å². The van der Waals surface area contributed by atoms with E-state index in [0.29, 0.717) is 11.6 Å². The highest BCUT2D eigenvalue weighted by molar-refractivity contribution is 5.95. The SMILES string of the molecule is Cc1cccc(C(=O)O)c1N1CC2CCC1C2. The first-order chi connectivity index (χ1) is 8.16. The van der Waals surface area contributed by atoms with Crippen LogP contribution in [-0.4, -0.2) is 23.7 Å². The van der Waals surface area contributed by atoms with E-state index in [4.69, 9.17) is 0 Å². The van der Waals surface area contributed by atoms with Gasteiger partial charge in [0.1, 0.15) is 0 Å². The standard InChI is InChI=1S/C14H17NO2/c1-9-3-2-4-12(14(16)17)13(9)15-8-10-5-6-11(15)7-10/h2-4,10-11H,5-8H2,1H3,(H,16,17). The van der Waals surface area contributed by atoms with Gasteiger partial charge in [-0.15, -0.1) is 0 Å². The third-order valence-electron chi connectivity index (χ3n) is 4.16. The molecule has 2 bridgehead atoms. The molecular weight excluding hydrogens is 214 g/mol. The maximum atomic E-state index is 11.3. The number of aryl methyl sites for hydroxylation is 1. The smallest absolute Gasteiger partial charge is 0.337 e. The first-order valence-corrected chi connectivity index (χ1v) is 6.26. The van der Waals surface area contributed by atoms with E-state index in [2.05, 4.69) is 4.90 Å². The fraction of sp³-hybridized carbons (Fsp3) is 0.500. The van der Waals surface area contributed by atoms with Gasteiger partial charge < -0.3 is 10.0 Å². The van der Waals surface area contributed by atoms with Crippen LogP contribution in [0.4, 0.5) is 5.69 Å². The average molecular weight is 231 g/mol. The monoisotopic (exact) mass is 231 g/mol. The summed E-state index contributed by atoms with van der Waals surface area (Å²) in [7, 11) is 0. The fourth-order valence-electron chi connectivity index (χ4n) is 3.41. The van der Waals surface area contributed by atoms with Crippen LogP contribution in [0.5, 0.6) is 0 Å². The highest BCUT2D eigenvalue weighted by Gasteiger charge is 2.39. The predicted octanol–water partition coefficient (Wildman–Crippen LogP) is 2.68. The molecule has 1 aliphatic heterocycles. The van der Waals surface area contributed by atoms with Gasteiger partial charge in [0, 0.05) is 12.6 Å². The normalized spacial score (nSPS) is 26.5. The van der Waals surface area contributed by atoms with Crippen LogP contribution in [0.25, 0.3) is 0 Å². The van der Waals surface area contributed by atoms with E-state index in [1.807, 2.05) is 19.1 Å². The number of fused-ring (bicyclic) bond motifs is 2. The molecule has 3 rings (SSSR count). The number of rotatable bonds is 2. The van der Waals surface area contributed by atoms with Gasteiger partial charge in [-0.3, -0.25) is 0 Å². The molecule has 2 fully saturated rings. The minimum absolute atomic E-state index is 0.456. The van der Waals surface area contributed by atoms with Crippen LogP contribution in [-0.2, 0) is 0 Å². The van der Waals surface area contributed by atoms with Gasteiger partial charge >= 0.3 is 5.97 Å². The molecule has 1 aliphatic carbocycles. The lowest BCUT2D eigenvalue weighted by molar-refractivity contribution is 0.0697. The molecule has 0 spiro atoms. The van der Waals surface area contributed by atoms with Gasteiger partial charge in [0.05, 0.1) is 11.3 Å². The number of carboxylic acids is 1. The van der Waals surface area contributed by atoms with Crippen LogP contribution in [0.2, 0.25) is 0 Å². The van der Waals surface area contributed by atoms with Crippen LogP contribution in [0.15, 0.2) is 18.2 Å². The van der Waals surface area contributed by atoms with Crippen molar-refractivity contribution in [3.8, 4) is 0 Å². The first-order valence-electron chi connectivity index (χ1n) is 6.26. The van der Waals surface area contributed by atoms with E-state index in [0.717, 1.165) is 23.7 Å². The maximum absolute atomic E-state index is 11.3. The number of carbonyl (C=O) groups is 1. The molecular formula is C14H17NO2. The number of aromatic carboxylic acids is 1. The molecule has 2 unspecified atom stereocenters.